The summed E-state index contributed by atoms with van der Waals surface area (Å²) in [7, 11) is -0.411. The van der Waals surface area contributed by atoms with Crippen LogP contribution in [0, 0.1) is 0 Å². The Bertz CT molecular complexity index is 498. The molecule has 2 aliphatic heterocycles. The Labute approximate surface area is 126 Å². The highest BCUT2D eigenvalue weighted by Gasteiger charge is 2.51. The molecule has 1 atom stereocenters. The maximum atomic E-state index is 6.03. The molecule has 2 aliphatic rings. The number of hydrogen-bond acceptors (Lipinski definition) is 5. The Morgan fingerprint density at radius 1 is 1.19 bits per heavy atom. The van der Waals surface area contributed by atoms with E-state index >= 15 is 0 Å². The zero-order valence-electron chi connectivity index (χ0n) is 13.1. The molecule has 21 heavy (non-hydrogen) atoms. The molecule has 114 valence electrons. The van der Waals surface area contributed by atoms with Gasteiger partial charge < -0.3 is 18.8 Å². The maximum absolute atomic E-state index is 6.03. The van der Waals surface area contributed by atoms with Gasteiger partial charge in [-0.1, -0.05) is 0 Å². The fourth-order valence-electron chi connectivity index (χ4n) is 2.41. The van der Waals surface area contributed by atoms with Crippen LogP contribution in [-0.2, 0) is 14.0 Å². The van der Waals surface area contributed by atoms with Crippen LogP contribution in [0.4, 0.5) is 0 Å². The Morgan fingerprint density at radius 2 is 1.90 bits per heavy atom. The molecule has 0 radical (unpaired) electrons. The van der Waals surface area contributed by atoms with Gasteiger partial charge in [0.25, 0.3) is 0 Å². The second kappa shape index (κ2) is 5.27. The van der Waals surface area contributed by atoms with Crippen molar-refractivity contribution in [1.82, 2.24) is 4.98 Å². The maximum Gasteiger partial charge on any atom is 0.496 e. The van der Waals surface area contributed by atoms with E-state index in [1.165, 1.54) is 0 Å². The van der Waals surface area contributed by atoms with Crippen molar-refractivity contribution < 1.29 is 18.8 Å². The van der Waals surface area contributed by atoms with Crippen molar-refractivity contribution in [3.8, 4) is 5.75 Å². The summed E-state index contributed by atoms with van der Waals surface area (Å²) in [6.07, 6.45) is 4.51. The number of hydrogen-bond donors (Lipinski definition) is 0. The number of pyridine rings is 1. The number of nitrogens with zero attached hydrogens (tertiary/aromatic N) is 1. The average Bonchev–Trinajstić information content (AvgIpc) is 2.97. The van der Waals surface area contributed by atoms with E-state index in [-0.39, 0.29) is 17.3 Å². The lowest BCUT2D eigenvalue weighted by Gasteiger charge is -2.32. The van der Waals surface area contributed by atoms with Gasteiger partial charge in [-0.25, -0.2) is 0 Å². The number of rotatable bonds is 3. The molecule has 0 N–H and O–H groups in total. The lowest BCUT2D eigenvalue weighted by molar-refractivity contribution is 0.00578. The molecule has 0 amide bonds. The predicted molar refractivity (Wildman–Crippen MR) is 79.8 cm³/mol. The smallest absolute Gasteiger partial charge is 0.486 e. The lowest BCUT2D eigenvalue weighted by Crippen LogP contribution is -2.41. The minimum atomic E-state index is -0.411. The monoisotopic (exact) mass is 291 g/mol. The minimum absolute atomic E-state index is 0.111. The van der Waals surface area contributed by atoms with Gasteiger partial charge in [-0.3, -0.25) is 4.98 Å². The van der Waals surface area contributed by atoms with Crippen LogP contribution in [-0.4, -0.2) is 42.6 Å². The molecule has 2 fully saturated rings. The first kappa shape index (κ1) is 14.8. The number of aromatic nitrogens is 1. The SMILES string of the molecule is CC1(C)OB(c2cncc(O[C@@H]3CCOC3)c2)OC1(C)C. The molecule has 2 saturated heterocycles. The standard InChI is InChI=1S/C15H22BNO4/c1-14(2)15(3,4)21-16(20-14)11-7-13(9-17-8-11)19-12-5-6-18-10-12/h7-9,12H,5-6,10H2,1-4H3/t12-/m1/s1. The molecule has 0 saturated carbocycles. The molecule has 6 heteroatoms. The molecular formula is C15H22BNO4. The van der Waals surface area contributed by atoms with Crippen molar-refractivity contribution in [3.63, 3.8) is 0 Å². The summed E-state index contributed by atoms with van der Waals surface area (Å²) in [5.41, 5.74) is 0.173. The summed E-state index contributed by atoms with van der Waals surface area (Å²) in [5, 5.41) is 0. The summed E-state index contributed by atoms with van der Waals surface area (Å²) in [4.78, 5) is 4.24. The molecule has 0 unspecified atom stereocenters. The van der Waals surface area contributed by atoms with E-state index in [0.29, 0.717) is 6.61 Å². The topological polar surface area (TPSA) is 49.8 Å². The zero-order chi connectivity index (χ0) is 15.1. The molecule has 3 rings (SSSR count). The fraction of sp³-hybridized carbons (Fsp3) is 0.667. The van der Waals surface area contributed by atoms with Crippen LogP contribution in [0.1, 0.15) is 34.1 Å². The van der Waals surface area contributed by atoms with Crippen molar-refractivity contribution >= 4 is 12.6 Å². The van der Waals surface area contributed by atoms with Crippen LogP contribution < -0.4 is 10.2 Å². The van der Waals surface area contributed by atoms with Crippen LogP contribution in [0.25, 0.3) is 0 Å². The molecule has 1 aromatic rings. The van der Waals surface area contributed by atoms with Crippen LogP contribution in [0.2, 0.25) is 0 Å². The molecule has 1 aromatic heterocycles. The van der Waals surface area contributed by atoms with E-state index < -0.39 is 7.12 Å². The van der Waals surface area contributed by atoms with Crippen LogP contribution in [0.15, 0.2) is 18.5 Å². The Morgan fingerprint density at radius 3 is 2.52 bits per heavy atom. The van der Waals surface area contributed by atoms with Crippen LogP contribution >= 0.6 is 0 Å². The van der Waals surface area contributed by atoms with Crippen molar-refractivity contribution in [2.24, 2.45) is 0 Å². The zero-order valence-corrected chi connectivity index (χ0v) is 13.1. The molecule has 0 aromatic carbocycles. The van der Waals surface area contributed by atoms with Crippen molar-refractivity contribution in [1.29, 1.82) is 0 Å². The van der Waals surface area contributed by atoms with Crippen molar-refractivity contribution in [2.45, 2.75) is 51.4 Å². The molecule has 3 heterocycles. The number of ether oxygens (including phenoxy) is 2. The third-order valence-electron chi connectivity index (χ3n) is 4.45. The normalized spacial score (nSPS) is 27.0. The Kier molecular flexibility index (Phi) is 3.72. The Hall–Kier alpha value is -1.11. The highest BCUT2D eigenvalue weighted by Crippen LogP contribution is 2.36. The van der Waals surface area contributed by atoms with E-state index in [0.717, 1.165) is 24.2 Å². The van der Waals surface area contributed by atoms with Crippen LogP contribution in [0.5, 0.6) is 5.75 Å². The molecule has 0 spiro atoms. The van der Waals surface area contributed by atoms with Gasteiger partial charge in [-0.05, 0) is 33.8 Å². The van der Waals surface area contributed by atoms with Gasteiger partial charge in [0.2, 0.25) is 0 Å². The third-order valence-corrected chi connectivity index (χ3v) is 4.45. The predicted octanol–water partition coefficient (Wildman–Crippen LogP) is 1.55. The average molecular weight is 291 g/mol. The quantitative estimate of drug-likeness (QED) is 0.791. The first-order valence-corrected chi connectivity index (χ1v) is 7.42. The molecule has 0 aliphatic carbocycles. The summed E-state index contributed by atoms with van der Waals surface area (Å²) < 4.78 is 23.3. The molecule has 0 bridgehead atoms. The summed E-state index contributed by atoms with van der Waals surface area (Å²) in [5.74, 6) is 0.734. The van der Waals surface area contributed by atoms with E-state index in [9.17, 15) is 0 Å². The largest absolute Gasteiger partial charge is 0.496 e. The van der Waals surface area contributed by atoms with Crippen molar-refractivity contribution in [2.75, 3.05) is 13.2 Å². The van der Waals surface area contributed by atoms with E-state index in [2.05, 4.69) is 4.98 Å². The third kappa shape index (κ3) is 2.93. The van der Waals surface area contributed by atoms with Gasteiger partial charge in [0.05, 0.1) is 30.6 Å². The lowest BCUT2D eigenvalue weighted by atomic mass is 9.80. The first-order valence-electron chi connectivity index (χ1n) is 7.42. The van der Waals surface area contributed by atoms with Gasteiger partial charge >= 0.3 is 7.12 Å². The first-order chi connectivity index (χ1) is 9.87. The van der Waals surface area contributed by atoms with E-state index in [1.807, 2.05) is 33.8 Å². The minimum Gasteiger partial charge on any atom is -0.486 e. The van der Waals surface area contributed by atoms with Gasteiger partial charge in [0.15, 0.2) is 0 Å². The Balaban J connectivity index is 1.74. The van der Waals surface area contributed by atoms with Gasteiger partial charge in [-0.2, -0.15) is 0 Å². The highest BCUT2D eigenvalue weighted by molar-refractivity contribution is 6.62. The van der Waals surface area contributed by atoms with E-state index in [1.54, 1.807) is 12.4 Å². The fourth-order valence-corrected chi connectivity index (χ4v) is 2.41. The summed E-state index contributed by atoms with van der Waals surface area (Å²) in [6, 6.07) is 1.94. The molecule has 5 nitrogen and oxygen atoms in total. The second-order valence-electron chi connectivity index (χ2n) is 6.65. The van der Waals surface area contributed by atoms with Crippen molar-refractivity contribution in [3.05, 3.63) is 18.5 Å². The summed E-state index contributed by atoms with van der Waals surface area (Å²) in [6.45, 7) is 9.55. The van der Waals surface area contributed by atoms with Gasteiger partial charge in [-0.15, -0.1) is 0 Å². The van der Waals surface area contributed by atoms with E-state index in [4.69, 9.17) is 18.8 Å². The van der Waals surface area contributed by atoms with Crippen LogP contribution in [0.3, 0.4) is 0 Å². The summed E-state index contributed by atoms with van der Waals surface area (Å²) >= 11 is 0. The van der Waals surface area contributed by atoms with Gasteiger partial charge in [0, 0.05) is 18.1 Å². The highest BCUT2D eigenvalue weighted by atomic mass is 16.7. The van der Waals surface area contributed by atoms with Gasteiger partial charge in [0.1, 0.15) is 11.9 Å². The molecular weight excluding hydrogens is 269 g/mol. The second-order valence-corrected chi connectivity index (χ2v) is 6.65.